The summed E-state index contributed by atoms with van der Waals surface area (Å²) in [6, 6.07) is 0. The van der Waals surface area contributed by atoms with Gasteiger partial charge in [0, 0.05) is 68.3 Å². The van der Waals surface area contributed by atoms with Crippen molar-refractivity contribution < 1.29 is 21.1 Å². The van der Waals surface area contributed by atoms with Crippen molar-refractivity contribution >= 4 is 47.3 Å². The van der Waals surface area contributed by atoms with E-state index in [1.807, 2.05) is 0 Å². The van der Waals surface area contributed by atoms with Gasteiger partial charge in [-0.1, -0.05) is 0 Å². The van der Waals surface area contributed by atoms with Crippen LogP contribution in [0, 0.1) is 0 Å². The third-order valence-corrected chi connectivity index (χ3v) is 0. The summed E-state index contributed by atoms with van der Waals surface area (Å²) >= 11 is 0. The van der Waals surface area contributed by atoms with Gasteiger partial charge in [-0.2, -0.15) is 0 Å². The minimum Gasteiger partial charge on any atom is 0 e. The Hall–Kier alpha value is 1.99. The van der Waals surface area contributed by atoms with Gasteiger partial charge < -0.3 is 0 Å². The zero-order chi connectivity index (χ0) is 0. The minimum absolute atomic E-state index is 0. The second-order valence-electron chi connectivity index (χ2n) is 0. The van der Waals surface area contributed by atoms with Gasteiger partial charge in [0.1, 0.15) is 0 Å². The van der Waals surface area contributed by atoms with E-state index in [2.05, 4.69) is 0 Å². The maximum Gasteiger partial charge on any atom is 0 e. The van der Waals surface area contributed by atoms with Gasteiger partial charge in [0.05, 0.1) is 0 Å². The summed E-state index contributed by atoms with van der Waals surface area (Å²) in [5.41, 5.74) is 0. The molecule has 0 bridgehead atoms. The molecule has 0 nitrogen and oxygen atoms in total. The molecule has 0 saturated heterocycles. The monoisotopic (exact) mass is 378 g/mol. The van der Waals surface area contributed by atoms with Crippen molar-refractivity contribution in [2.45, 2.75) is 0 Å². The standard InChI is InChI=1S/Cl.Pt.Si.Sn. The SMILES string of the molecule is [Cl].[Pt].[Si].[Sn]. The Morgan fingerprint density at radius 3 is 1.00 bits per heavy atom. The maximum atomic E-state index is 0. The van der Waals surface area contributed by atoms with Crippen LogP contribution in [0.3, 0.4) is 0 Å². The summed E-state index contributed by atoms with van der Waals surface area (Å²) in [6.45, 7) is 0. The van der Waals surface area contributed by atoms with E-state index in [0.717, 1.165) is 0 Å². The first kappa shape index (κ1) is 37.6. The first-order valence-corrected chi connectivity index (χ1v) is 0. The quantitative estimate of drug-likeness (QED) is 0.519. The molecule has 0 aliphatic rings. The molecule has 0 aliphatic heterocycles. The largest absolute Gasteiger partial charge is 0 e. The summed E-state index contributed by atoms with van der Waals surface area (Å²) in [4.78, 5) is 0. The first-order valence-electron chi connectivity index (χ1n) is 0. The van der Waals surface area contributed by atoms with Crippen LogP contribution in [-0.4, -0.2) is 34.9 Å². The van der Waals surface area contributed by atoms with Gasteiger partial charge >= 0.3 is 0 Å². The average molecular weight is 377 g/mol. The van der Waals surface area contributed by atoms with Crippen LogP contribution in [-0.2, 0) is 21.1 Å². The van der Waals surface area contributed by atoms with Crippen molar-refractivity contribution in [3.05, 3.63) is 0 Å². The predicted octanol–water partition coefficient (Wildman–Crippen LogP) is -0.0746. The van der Waals surface area contributed by atoms with Crippen LogP contribution < -0.4 is 0 Å². The third-order valence-electron chi connectivity index (χ3n) is 0. The van der Waals surface area contributed by atoms with Crippen LogP contribution in [0.4, 0.5) is 0 Å². The molecule has 0 N–H and O–H groups in total. The second-order valence-corrected chi connectivity index (χ2v) is 0. The number of halogens is 1. The van der Waals surface area contributed by atoms with E-state index in [1.165, 1.54) is 0 Å². The van der Waals surface area contributed by atoms with Gasteiger partial charge in [-0.25, -0.2) is 0 Å². The Bertz CT molecular complexity index is 8.00. The molecule has 0 saturated carbocycles. The van der Waals surface area contributed by atoms with Crippen molar-refractivity contribution in [3.8, 4) is 0 Å². The van der Waals surface area contributed by atoms with Crippen molar-refractivity contribution in [2.24, 2.45) is 0 Å². The Morgan fingerprint density at radius 2 is 1.00 bits per heavy atom. The molecule has 0 atom stereocenters. The number of rotatable bonds is 0. The molecule has 0 aromatic carbocycles. The van der Waals surface area contributed by atoms with Crippen LogP contribution in [0.15, 0.2) is 0 Å². The van der Waals surface area contributed by atoms with E-state index in [0.29, 0.717) is 0 Å². The zero-order valence-electron chi connectivity index (χ0n) is 1.69. The fourth-order valence-corrected chi connectivity index (χ4v) is 0. The molecule has 9 radical (unpaired) electrons. The molecule has 25 valence electrons. The molecule has 4 heavy (non-hydrogen) atoms. The predicted molar refractivity (Wildman–Crippen MR) is 17.4 cm³/mol. The minimum atomic E-state index is 0. The number of hydrogen-bond donors (Lipinski definition) is 0. The zero-order valence-corrected chi connectivity index (χ0v) is 8.58. The molecule has 0 aromatic heterocycles. The average Bonchev–Trinajstić information content (AvgIpc) is 0. The molecule has 0 spiro atoms. The normalized spacial score (nSPS) is 0. The summed E-state index contributed by atoms with van der Waals surface area (Å²) in [7, 11) is 0. The molecule has 0 unspecified atom stereocenters. The molecule has 0 amide bonds. The van der Waals surface area contributed by atoms with Crippen molar-refractivity contribution in [2.75, 3.05) is 0 Å². The van der Waals surface area contributed by atoms with E-state index < -0.39 is 0 Å². The fourth-order valence-electron chi connectivity index (χ4n) is 0. The molecule has 0 fully saturated rings. The van der Waals surface area contributed by atoms with E-state index in [1.54, 1.807) is 0 Å². The van der Waals surface area contributed by atoms with Crippen LogP contribution in [0.2, 0.25) is 0 Å². The van der Waals surface area contributed by atoms with Gasteiger partial charge in [0.2, 0.25) is 0 Å². The van der Waals surface area contributed by atoms with E-state index in [-0.39, 0.29) is 68.3 Å². The van der Waals surface area contributed by atoms with Crippen LogP contribution in [0.1, 0.15) is 0 Å². The molecular formula is ClPtSiSn. The van der Waals surface area contributed by atoms with Crippen LogP contribution in [0.25, 0.3) is 0 Å². The third kappa shape index (κ3) is 9.00. The molecule has 0 aromatic rings. The van der Waals surface area contributed by atoms with E-state index >= 15 is 0 Å². The summed E-state index contributed by atoms with van der Waals surface area (Å²) in [5.74, 6) is 0. The number of hydrogen-bond acceptors (Lipinski definition) is 0. The Labute approximate surface area is 67.8 Å². The second kappa shape index (κ2) is 20.0. The molecule has 0 aliphatic carbocycles. The van der Waals surface area contributed by atoms with Gasteiger partial charge in [0.25, 0.3) is 0 Å². The first-order chi connectivity index (χ1) is 0. The topological polar surface area (TPSA) is 0 Å². The van der Waals surface area contributed by atoms with Crippen LogP contribution >= 0.6 is 12.4 Å². The Balaban J connectivity index is 0. The van der Waals surface area contributed by atoms with Gasteiger partial charge in [0.15, 0.2) is 0 Å². The Morgan fingerprint density at radius 1 is 1.00 bits per heavy atom. The van der Waals surface area contributed by atoms with Crippen molar-refractivity contribution in [1.82, 2.24) is 0 Å². The summed E-state index contributed by atoms with van der Waals surface area (Å²) in [5, 5.41) is 0. The maximum absolute atomic E-state index is 0. The van der Waals surface area contributed by atoms with Crippen LogP contribution in [0.5, 0.6) is 0 Å². The summed E-state index contributed by atoms with van der Waals surface area (Å²) < 4.78 is 0. The fraction of sp³-hybridized carbons (Fsp3) is 0. The van der Waals surface area contributed by atoms with E-state index in [9.17, 15) is 0 Å². The Kier molecular flexibility index (Phi) is 188. The summed E-state index contributed by atoms with van der Waals surface area (Å²) in [6.07, 6.45) is 0. The van der Waals surface area contributed by atoms with Crippen molar-refractivity contribution in [3.63, 3.8) is 0 Å². The van der Waals surface area contributed by atoms with Gasteiger partial charge in [-0.3, -0.25) is 0 Å². The smallest absolute Gasteiger partial charge is 0 e. The molecular weight excluding hydrogens is 377 g/mol. The molecule has 0 heterocycles. The van der Waals surface area contributed by atoms with Gasteiger partial charge in [-0.05, 0) is 0 Å². The van der Waals surface area contributed by atoms with Gasteiger partial charge in [-0.15, -0.1) is 0 Å². The van der Waals surface area contributed by atoms with Crippen molar-refractivity contribution in [1.29, 1.82) is 0 Å². The van der Waals surface area contributed by atoms with E-state index in [4.69, 9.17) is 0 Å². The molecule has 0 rings (SSSR count). The molecule has 4 heteroatoms.